The van der Waals surface area contributed by atoms with Gasteiger partial charge in [0.25, 0.3) is 5.69 Å². The number of nitro benzene ring substituents is 1. The summed E-state index contributed by atoms with van der Waals surface area (Å²) < 4.78 is 26.0. The largest absolute Gasteiger partial charge is 0.314 e. The molecule has 1 aromatic rings. The summed E-state index contributed by atoms with van der Waals surface area (Å²) in [5.41, 5.74) is -0.456. The lowest BCUT2D eigenvalue weighted by Crippen LogP contribution is -2.46. The van der Waals surface area contributed by atoms with Crippen LogP contribution in [0.2, 0.25) is 5.02 Å². The van der Waals surface area contributed by atoms with Crippen molar-refractivity contribution in [3.05, 3.63) is 33.3 Å². The van der Waals surface area contributed by atoms with Crippen LogP contribution in [0.25, 0.3) is 0 Å². The normalized spacial score (nSPS) is 16.4. The van der Waals surface area contributed by atoms with E-state index in [0.29, 0.717) is 13.1 Å². The third-order valence-electron chi connectivity index (χ3n) is 2.81. The molecule has 2 rings (SSSR count). The smallest absolute Gasteiger partial charge is 0.289 e. The molecule has 0 unspecified atom stereocenters. The molecule has 1 heterocycles. The first-order chi connectivity index (χ1) is 8.93. The van der Waals surface area contributed by atoms with Crippen LogP contribution in [-0.4, -0.2) is 43.8 Å². The Labute approximate surface area is 127 Å². The minimum Gasteiger partial charge on any atom is -0.314 e. The molecule has 1 aliphatic heterocycles. The van der Waals surface area contributed by atoms with E-state index in [1.807, 2.05) is 0 Å². The second-order valence-corrected chi connectivity index (χ2v) is 6.37. The molecule has 20 heavy (non-hydrogen) atoms. The van der Waals surface area contributed by atoms with E-state index in [-0.39, 0.29) is 35.4 Å². The third kappa shape index (κ3) is 3.39. The molecule has 0 spiro atoms. The van der Waals surface area contributed by atoms with Gasteiger partial charge in [0.2, 0.25) is 10.0 Å². The first-order valence-corrected chi connectivity index (χ1v) is 7.39. The summed E-state index contributed by atoms with van der Waals surface area (Å²) in [6.45, 7) is 1.61. The van der Waals surface area contributed by atoms with Crippen molar-refractivity contribution < 1.29 is 13.3 Å². The summed E-state index contributed by atoms with van der Waals surface area (Å²) in [7, 11) is -3.89. The van der Waals surface area contributed by atoms with Crippen LogP contribution in [0.15, 0.2) is 23.1 Å². The fraction of sp³-hybridized carbons (Fsp3) is 0.400. The van der Waals surface area contributed by atoms with Gasteiger partial charge in [-0.05, 0) is 12.1 Å². The van der Waals surface area contributed by atoms with E-state index >= 15 is 0 Å². The summed E-state index contributed by atoms with van der Waals surface area (Å²) >= 11 is 5.75. The van der Waals surface area contributed by atoms with Gasteiger partial charge in [-0.15, -0.1) is 12.4 Å². The van der Waals surface area contributed by atoms with Gasteiger partial charge < -0.3 is 5.32 Å². The quantitative estimate of drug-likeness (QED) is 0.660. The number of nitro groups is 1. The summed E-state index contributed by atoms with van der Waals surface area (Å²) in [4.78, 5) is 9.86. The lowest BCUT2D eigenvalue weighted by Gasteiger charge is -2.26. The van der Waals surface area contributed by atoms with Gasteiger partial charge in [0, 0.05) is 37.3 Å². The van der Waals surface area contributed by atoms with Gasteiger partial charge in [-0.2, -0.15) is 4.31 Å². The number of benzene rings is 1. The number of rotatable bonds is 3. The van der Waals surface area contributed by atoms with Crippen LogP contribution in [-0.2, 0) is 10.0 Å². The third-order valence-corrected chi connectivity index (χ3v) is 4.98. The van der Waals surface area contributed by atoms with Crippen molar-refractivity contribution in [2.75, 3.05) is 26.2 Å². The van der Waals surface area contributed by atoms with E-state index in [4.69, 9.17) is 11.6 Å². The molecule has 112 valence electrons. The number of sulfonamides is 1. The van der Waals surface area contributed by atoms with Crippen molar-refractivity contribution in [3.63, 3.8) is 0 Å². The van der Waals surface area contributed by atoms with Gasteiger partial charge in [-0.25, -0.2) is 8.42 Å². The Morgan fingerprint density at radius 3 is 2.45 bits per heavy atom. The molecule has 0 aliphatic carbocycles. The topological polar surface area (TPSA) is 92.5 Å². The van der Waals surface area contributed by atoms with Gasteiger partial charge in [0.05, 0.1) is 4.92 Å². The van der Waals surface area contributed by atoms with E-state index in [0.717, 1.165) is 12.1 Å². The number of piperazine rings is 1. The second kappa shape index (κ2) is 6.68. The first kappa shape index (κ1) is 17.1. The zero-order valence-corrected chi connectivity index (χ0v) is 12.7. The second-order valence-electron chi connectivity index (χ2n) is 4.02. The van der Waals surface area contributed by atoms with Gasteiger partial charge in [-0.3, -0.25) is 10.1 Å². The van der Waals surface area contributed by atoms with Gasteiger partial charge in [-0.1, -0.05) is 11.6 Å². The molecule has 10 heteroatoms. The van der Waals surface area contributed by atoms with E-state index in [9.17, 15) is 18.5 Å². The van der Waals surface area contributed by atoms with Gasteiger partial charge in [0.1, 0.15) is 0 Å². The summed E-state index contributed by atoms with van der Waals surface area (Å²) in [6, 6.07) is 3.53. The van der Waals surface area contributed by atoms with Crippen molar-refractivity contribution in [3.8, 4) is 0 Å². The molecule has 1 aliphatic rings. The standard InChI is InChI=1S/C10H12ClN3O4S.ClH/c11-8-1-2-9(14(15)16)10(7-8)19(17,18)13-5-3-12-4-6-13;/h1-2,7,12H,3-6H2;1H. The maximum atomic E-state index is 12.4. The fourth-order valence-electron chi connectivity index (χ4n) is 1.87. The lowest BCUT2D eigenvalue weighted by atomic mass is 10.3. The summed E-state index contributed by atoms with van der Waals surface area (Å²) in [6.07, 6.45) is 0. The van der Waals surface area contributed by atoms with Crippen molar-refractivity contribution in [1.29, 1.82) is 0 Å². The average molecular weight is 342 g/mol. The van der Waals surface area contributed by atoms with Crippen molar-refractivity contribution in [1.82, 2.24) is 9.62 Å². The molecule has 0 saturated carbocycles. The Balaban J connectivity index is 0.00000200. The fourth-order valence-corrected chi connectivity index (χ4v) is 3.73. The van der Waals surface area contributed by atoms with Crippen molar-refractivity contribution >= 4 is 39.7 Å². The number of hydrogen-bond donors (Lipinski definition) is 1. The van der Waals surface area contributed by atoms with Gasteiger partial charge in [0.15, 0.2) is 4.90 Å². The Morgan fingerprint density at radius 1 is 1.30 bits per heavy atom. The Morgan fingerprint density at radius 2 is 1.90 bits per heavy atom. The van der Waals surface area contributed by atoms with Crippen LogP contribution in [0.5, 0.6) is 0 Å². The van der Waals surface area contributed by atoms with E-state index < -0.39 is 20.6 Å². The number of nitrogens with one attached hydrogen (secondary N) is 1. The molecule has 1 N–H and O–H groups in total. The maximum Gasteiger partial charge on any atom is 0.289 e. The molecule has 0 aromatic heterocycles. The highest BCUT2D eigenvalue weighted by molar-refractivity contribution is 7.89. The number of hydrogen-bond acceptors (Lipinski definition) is 5. The lowest BCUT2D eigenvalue weighted by molar-refractivity contribution is -0.387. The molecule has 1 saturated heterocycles. The molecular weight excluding hydrogens is 329 g/mol. The number of nitrogens with zero attached hydrogens (tertiary/aromatic N) is 2. The van der Waals surface area contributed by atoms with Crippen LogP contribution >= 0.6 is 24.0 Å². The summed E-state index contributed by atoms with van der Waals surface area (Å²) in [5.74, 6) is 0. The monoisotopic (exact) mass is 341 g/mol. The molecule has 7 nitrogen and oxygen atoms in total. The van der Waals surface area contributed by atoms with E-state index in [2.05, 4.69) is 5.32 Å². The Hall–Kier alpha value is -0.930. The Bertz CT molecular complexity index is 603. The van der Waals surface area contributed by atoms with Crippen molar-refractivity contribution in [2.24, 2.45) is 0 Å². The molecule has 0 amide bonds. The van der Waals surface area contributed by atoms with Crippen LogP contribution in [0.4, 0.5) is 5.69 Å². The zero-order chi connectivity index (χ0) is 14.0. The van der Waals surface area contributed by atoms with Crippen LogP contribution < -0.4 is 5.32 Å². The van der Waals surface area contributed by atoms with Crippen LogP contribution in [0.1, 0.15) is 0 Å². The van der Waals surface area contributed by atoms with Crippen LogP contribution in [0.3, 0.4) is 0 Å². The highest BCUT2D eigenvalue weighted by Gasteiger charge is 2.32. The highest BCUT2D eigenvalue weighted by Crippen LogP contribution is 2.29. The molecule has 0 radical (unpaired) electrons. The molecular formula is C10H13Cl2N3O4S. The molecule has 0 bridgehead atoms. The Kier molecular flexibility index (Phi) is 5.72. The molecule has 0 atom stereocenters. The maximum absolute atomic E-state index is 12.4. The minimum absolute atomic E-state index is 0. The minimum atomic E-state index is -3.89. The highest BCUT2D eigenvalue weighted by atomic mass is 35.5. The van der Waals surface area contributed by atoms with Crippen molar-refractivity contribution in [2.45, 2.75) is 4.90 Å². The zero-order valence-electron chi connectivity index (χ0n) is 10.3. The predicted octanol–water partition coefficient (Wildman–Crippen LogP) is 1.26. The predicted molar refractivity (Wildman–Crippen MR) is 77.0 cm³/mol. The molecule has 1 aromatic carbocycles. The molecule has 1 fully saturated rings. The SMILES string of the molecule is Cl.O=[N+]([O-])c1ccc(Cl)cc1S(=O)(=O)N1CCNCC1. The van der Waals surface area contributed by atoms with E-state index in [1.54, 1.807) is 0 Å². The number of halogens is 2. The first-order valence-electron chi connectivity index (χ1n) is 5.58. The van der Waals surface area contributed by atoms with E-state index in [1.165, 1.54) is 10.4 Å². The van der Waals surface area contributed by atoms with Gasteiger partial charge >= 0.3 is 0 Å². The van der Waals surface area contributed by atoms with Crippen LogP contribution in [0, 0.1) is 10.1 Å². The average Bonchev–Trinajstić information content (AvgIpc) is 2.39. The summed E-state index contributed by atoms with van der Waals surface area (Å²) in [5, 5.41) is 14.1.